The Labute approximate surface area is 159 Å². The van der Waals surface area contributed by atoms with Gasteiger partial charge in [-0.2, -0.15) is 0 Å². The van der Waals surface area contributed by atoms with Crippen molar-refractivity contribution in [1.29, 1.82) is 0 Å². The van der Waals surface area contributed by atoms with Gasteiger partial charge in [-0.3, -0.25) is 14.4 Å². The highest BCUT2D eigenvalue weighted by molar-refractivity contribution is 5.34. The summed E-state index contributed by atoms with van der Waals surface area (Å²) < 4.78 is 9.76. The summed E-state index contributed by atoms with van der Waals surface area (Å²) in [6.07, 6.45) is 0.187. The summed E-state index contributed by atoms with van der Waals surface area (Å²) in [6, 6.07) is 17.9. The fraction of sp³-hybridized carbons (Fsp3) is 0.318. The third-order valence-corrected chi connectivity index (χ3v) is 5.37. The third-order valence-electron chi connectivity index (χ3n) is 5.37. The molecule has 1 aliphatic rings. The molecule has 0 amide bonds. The van der Waals surface area contributed by atoms with E-state index in [9.17, 15) is 4.79 Å². The van der Waals surface area contributed by atoms with Crippen LogP contribution in [0.3, 0.4) is 0 Å². The molecule has 5 nitrogen and oxygen atoms in total. The van der Waals surface area contributed by atoms with Crippen LogP contribution in [-0.4, -0.2) is 33.5 Å². The van der Waals surface area contributed by atoms with E-state index in [2.05, 4.69) is 17.9 Å². The van der Waals surface area contributed by atoms with Gasteiger partial charge in [0, 0.05) is 32.4 Å². The summed E-state index contributed by atoms with van der Waals surface area (Å²) >= 11 is 0. The van der Waals surface area contributed by atoms with Crippen molar-refractivity contribution in [3.05, 3.63) is 81.8 Å². The van der Waals surface area contributed by atoms with E-state index in [1.54, 1.807) is 4.68 Å². The maximum atomic E-state index is 13.0. The van der Waals surface area contributed by atoms with Crippen molar-refractivity contribution in [1.82, 2.24) is 14.3 Å². The average molecular weight is 363 g/mol. The molecule has 1 aromatic heterocycles. The van der Waals surface area contributed by atoms with Crippen molar-refractivity contribution in [2.24, 2.45) is 7.05 Å². The molecule has 140 valence electrons. The summed E-state index contributed by atoms with van der Waals surface area (Å²) in [4.78, 5) is 15.3. The van der Waals surface area contributed by atoms with E-state index >= 15 is 0 Å². The Morgan fingerprint density at radius 3 is 2.37 bits per heavy atom. The monoisotopic (exact) mass is 363 g/mol. The first kappa shape index (κ1) is 17.6. The molecule has 0 atom stereocenters. The topological polar surface area (TPSA) is 39.4 Å². The minimum atomic E-state index is 0.0597. The van der Waals surface area contributed by atoms with Gasteiger partial charge in [-0.15, -0.1) is 0 Å². The number of aryl methyl sites for hydroxylation is 1. The van der Waals surface area contributed by atoms with Crippen LogP contribution >= 0.6 is 0 Å². The molecule has 0 radical (unpaired) electrons. The lowest BCUT2D eigenvalue weighted by Crippen LogP contribution is -2.53. The lowest BCUT2D eigenvalue weighted by atomic mass is 10.1. The van der Waals surface area contributed by atoms with Crippen LogP contribution in [0.5, 0.6) is 5.75 Å². The van der Waals surface area contributed by atoms with Gasteiger partial charge < -0.3 is 4.74 Å². The predicted octanol–water partition coefficient (Wildman–Crippen LogP) is 3.06. The number of benzene rings is 2. The van der Waals surface area contributed by atoms with Crippen LogP contribution in [0.2, 0.25) is 0 Å². The van der Waals surface area contributed by atoms with Crippen molar-refractivity contribution in [3.8, 4) is 11.4 Å². The Hall–Kier alpha value is -2.79. The molecule has 27 heavy (non-hydrogen) atoms. The second-order valence-corrected chi connectivity index (χ2v) is 7.24. The SMILES string of the molecule is Cc1ccccc1OC1CN(Cc2c(C)n(C)n(-c3ccccc3)c2=O)C1. The van der Waals surface area contributed by atoms with Crippen molar-refractivity contribution in [2.45, 2.75) is 26.5 Å². The van der Waals surface area contributed by atoms with Gasteiger partial charge in [-0.1, -0.05) is 36.4 Å². The fourth-order valence-electron chi connectivity index (χ4n) is 3.62. The Balaban J connectivity index is 1.46. The highest BCUT2D eigenvalue weighted by Crippen LogP contribution is 2.23. The van der Waals surface area contributed by atoms with E-state index in [1.807, 2.05) is 67.2 Å². The van der Waals surface area contributed by atoms with Crippen LogP contribution in [0, 0.1) is 13.8 Å². The Morgan fingerprint density at radius 1 is 1.00 bits per heavy atom. The summed E-state index contributed by atoms with van der Waals surface area (Å²) in [7, 11) is 1.94. The van der Waals surface area contributed by atoms with E-state index in [1.165, 1.54) is 0 Å². The standard InChI is InChI=1S/C22H25N3O2/c1-16-9-7-8-12-21(16)27-19-13-24(14-19)15-20-17(2)23(3)25(22(20)26)18-10-5-4-6-11-18/h4-12,19H,13-15H2,1-3H3. The van der Waals surface area contributed by atoms with Crippen molar-refractivity contribution in [3.63, 3.8) is 0 Å². The number of hydrogen-bond acceptors (Lipinski definition) is 3. The van der Waals surface area contributed by atoms with Gasteiger partial charge in [0.2, 0.25) is 0 Å². The van der Waals surface area contributed by atoms with Crippen LogP contribution in [0.25, 0.3) is 5.69 Å². The van der Waals surface area contributed by atoms with Crippen LogP contribution in [0.4, 0.5) is 0 Å². The zero-order valence-corrected chi connectivity index (χ0v) is 16.1. The second kappa shape index (κ2) is 7.08. The molecule has 4 rings (SSSR count). The molecule has 1 aliphatic heterocycles. The number of rotatable bonds is 5. The molecule has 1 saturated heterocycles. The third kappa shape index (κ3) is 3.30. The summed E-state index contributed by atoms with van der Waals surface area (Å²) in [6.45, 7) is 6.41. The van der Waals surface area contributed by atoms with Gasteiger partial charge in [-0.05, 0) is 37.6 Å². The van der Waals surface area contributed by atoms with Crippen LogP contribution in [0.15, 0.2) is 59.4 Å². The molecule has 0 N–H and O–H groups in total. The second-order valence-electron chi connectivity index (χ2n) is 7.24. The van der Waals surface area contributed by atoms with Gasteiger partial charge >= 0.3 is 0 Å². The van der Waals surface area contributed by atoms with Gasteiger partial charge in [0.15, 0.2) is 0 Å². The highest BCUT2D eigenvalue weighted by Gasteiger charge is 2.30. The number of likely N-dealkylation sites (tertiary alicyclic amines) is 1. The van der Waals surface area contributed by atoms with Gasteiger partial charge in [0.05, 0.1) is 11.3 Å². The Kier molecular flexibility index (Phi) is 4.62. The van der Waals surface area contributed by atoms with E-state index < -0.39 is 0 Å². The zero-order valence-electron chi connectivity index (χ0n) is 16.1. The van der Waals surface area contributed by atoms with Crippen molar-refractivity contribution < 1.29 is 4.74 Å². The number of hydrogen-bond donors (Lipinski definition) is 0. The molecular formula is C22H25N3O2. The number of aromatic nitrogens is 2. The normalized spacial score (nSPS) is 14.9. The van der Waals surface area contributed by atoms with Gasteiger partial charge in [0.25, 0.3) is 5.56 Å². The first-order chi connectivity index (χ1) is 13.0. The van der Waals surface area contributed by atoms with E-state index in [-0.39, 0.29) is 11.7 Å². The number of nitrogens with zero attached hydrogens (tertiary/aromatic N) is 3. The molecule has 0 aliphatic carbocycles. The molecule has 0 saturated carbocycles. The average Bonchev–Trinajstić information content (AvgIpc) is 2.85. The number of ether oxygens (including phenoxy) is 1. The minimum absolute atomic E-state index is 0.0597. The summed E-state index contributed by atoms with van der Waals surface area (Å²) in [5.41, 5.74) is 3.97. The molecule has 2 aromatic carbocycles. The van der Waals surface area contributed by atoms with Crippen LogP contribution in [0.1, 0.15) is 16.8 Å². The van der Waals surface area contributed by atoms with Crippen LogP contribution in [-0.2, 0) is 13.6 Å². The molecule has 0 spiro atoms. The quantitative estimate of drug-likeness (QED) is 0.699. The first-order valence-electron chi connectivity index (χ1n) is 9.32. The maximum Gasteiger partial charge on any atom is 0.276 e. The van der Waals surface area contributed by atoms with Gasteiger partial charge in [-0.25, -0.2) is 4.68 Å². The largest absolute Gasteiger partial charge is 0.487 e. The summed E-state index contributed by atoms with van der Waals surface area (Å²) in [5, 5.41) is 0. The van der Waals surface area contributed by atoms with E-state index in [4.69, 9.17) is 4.74 Å². The highest BCUT2D eigenvalue weighted by atomic mass is 16.5. The van der Waals surface area contributed by atoms with Crippen molar-refractivity contribution in [2.75, 3.05) is 13.1 Å². The van der Waals surface area contributed by atoms with Crippen molar-refractivity contribution >= 4 is 0 Å². The minimum Gasteiger partial charge on any atom is -0.487 e. The first-order valence-corrected chi connectivity index (χ1v) is 9.32. The molecule has 3 aromatic rings. The molecule has 0 unspecified atom stereocenters. The van der Waals surface area contributed by atoms with Crippen LogP contribution < -0.4 is 10.3 Å². The molecule has 2 heterocycles. The Morgan fingerprint density at radius 2 is 1.67 bits per heavy atom. The molecular weight excluding hydrogens is 338 g/mol. The van der Waals surface area contributed by atoms with Gasteiger partial charge in [0.1, 0.15) is 11.9 Å². The summed E-state index contributed by atoms with van der Waals surface area (Å²) in [5.74, 6) is 0.949. The lowest BCUT2D eigenvalue weighted by Gasteiger charge is -2.39. The zero-order chi connectivity index (χ0) is 19.0. The fourth-order valence-corrected chi connectivity index (χ4v) is 3.62. The number of para-hydroxylation sites is 2. The lowest BCUT2D eigenvalue weighted by molar-refractivity contribution is 0.0138. The predicted molar refractivity (Wildman–Crippen MR) is 107 cm³/mol. The molecule has 0 bridgehead atoms. The Bertz CT molecular complexity index is 998. The maximum absolute atomic E-state index is 13.0. The molecule has 5 heteroatoms. The van der Waals surface area contributed by atoms with E-state index in [0.29, 0.717) is 6.54 Å². The van der Waals surface area contributed by atoms with E-state index in [0.717, 1.165) is 41.3 Å². The smallest absolute Gasteiger partial charge is 0.276 e. The molecule has 1 fully saturated rings.